The van der Waals surface area contributed by atoms with E-state index in [4.69, 9.17) is 27.6 Å². The third-order valence-electron chi connectivity index (χ3n) is 3.57. The first-order valence-electron chi connectivity index (χ1n) is 7.79. The number of amides is 1. The van der Waals surface area contributed by atoms with Crippen molar-refractivity contribution in [1.29, 1.82) is 0 Å². The molecule has 0 bridgehead atoms. The van der Waals surface area contributed by atoms with Gasteiger partial charge in [0.15, 0.2) is 0 Å². The Morgan fingerprint density at radius 1 is 1.19 bits per heavy atom. The third kappa shape index (κ3) is 4.78. The van der Waals surface area contributed by atoms with Gasteiger partial charge in [-0.25, -0.2) is 0 Å². The number of rotatable bonds is 6. The van der Waals surface area contributed by atoms with Crippen LogP contribution in [0.15, 0.2) is 58.2 Å². The minimum absolute atomic E-state index is 0.0737. The largest absolute Gasteiger partial charge is 0.411 e. The van der Waals surface area contributed by atoms with Gasteiger partial charge in [0.2, 0.25) is 11.8 Å². The summed E-state index contributed by atoms with van der Waals surface area (Å²) in [5.41, 5.74) is 1.64. The van der Waals surface area contributed by atoms with Crippen molar-refractivity contribution in [3.63, 3.8) is 0 Å². The summed E-state index contributed by atoms with van der Waals surface area (Å²) in [4.78, 5) is 12.1. The van der Waals surface area contributed by atoms with Crippen molar-refractivity contribution in [2.75, 3.05) is 5.75 Å². The van der Waals surface area contributed by atoms with Crippen LogP contribution in [0, 0.1) is 0 Å². The monoisotopic (exact) mass is 407 g/mol. The smallest absolute Gasteiger partial charge is 0.277 e. The van der Waals surface area contributed by atoms with E-state index in [-0.39, 0.29) is 23.6 Å². The summed E-state index contributed by atoms with van der Waals surface area (Å²) in [6, 6.07) is 14.7. The SMILES string of the molecule is C[C@H](NC(=O)CSc1nnc(-c2ccc(Cl)cc2Cl)o1)c1ccccc1. The molecule has 0 fully saturated rings. The molecule has 1 N–H and O–H groups in total. The van der Waals surface area contributed by atoms with Gasteiger partial charge in [0.25, 0.3) is 5.22 Å². The molecule has 0 radical (unpaired) electrons. The summed E-state index contributed by atoms with van der Waals surface area (Å²) in [5, 5.41) is 12.1. The summed E-state index contributed by atoms with van der Waals surface area (Å²) in [5.74, 6) is 0.343. The standard InChI is InChI=1S/C18H15Cl2N3O2S/c1-11(12-5-3-2-4-6-12)21-16(24)10-26-18-23-22-17(25-18)14-8-7-13(19)9-15(14)20/h2-9,11H,10H2,1H3,(H,21,24)/t11-/m0/s1. The van der Waals surface area contributed by atoms with Crippen LogP contribution < -0.4 is 5.32 Å². The highest BCUT2D eigenvalue weighted by Gasteiger charge is 2.15. The van der Waals surface area contributed by atoms with Crippen LogP contribution in [0.3, 0.4) is 0 Å². The number of benzene rings is 2. The zero-order valence-corrected chi connectivity index (χ0v) is 16.1. The van der Waals surface area contributed by atoms with E-state index in [0.717, 1.165) is 5.56 Å². The molecule has 3 aromatic rings. The minimum Gasteiger partial charge on any atom is -0.411 e. The minimum atomic E-state index is -0.115. The van der Waals surface area contributed by atoms with E-state index in [1.54, 1.807) is 18.2 Å². The van der Waals surface area contributed by atoms with Gasteiger partial charge in [0.1, 0.15) is 0 Å². The Kier molecular flexibility index (Phi) is 6.19. The van der Waals surface area contributed by atoms with Crippen molar-refractivity contribution in [2.45, 2.75) is 18.2 Å². The van der Waals surface area contributed by atoms with Gasteiger partial charge in [-0.15, -0.1) is 10.2 Å². The second kappa shape index (κ2) is 8.58. The molecule has 3 rings (SSSR count). The molecule has 0 spiro atoms. The molecule has 0 saturated carbocycles. The average Bonchev–Trinajstić information content (AvgIpc) is 3.09. The lowest BCUT2D eigenvalue weighted by molar-refractivity contribution is -0.119. The van der Waals surface area contributed by atoms with Crippen LogP contribution in [0.2, 0.25) is 10.0 Å². The van der Waals surface area contributed by atoms with Crippen LogP contribution in [0.1, 0.15) is 18.5 Å². The van der Waals surface area contributed by atoms with Crippen LogP contribution in [0.5, 0.6) is 0 Å². The average molecular weight is 408 g/mol. The van der Waals surface area contributed by atoms with Crippen molar-refractivity contribution < 1.29 is 9.21 Å². The van der Waals surface area contributed by atoms with Crippen LogP contribution in [0.25, 0.3) is 11.5 Å². The Morgan fingerprint density at radius 2 is 1.96 bits per heavy atom. The van der Waals surface area contributed by atoms with Crippen LogP contribution in [-0.4, -0.2) is 21.9 Å². The number of hydrogen-bond acceptors (Lipinski definition) is 5. The fourth-order valence-corrected chi connectivity index (χ4v) is 3.34. The van der Waals surface area contributed by atoms with E-state index in [1.807, 2.05) is 37.3 Å². The van der Waals surface area contributed by atoms with Gasteiger partial charge in [-0.1, -0.05) is 65.3 Å². The molecular weight excluding hydrogens is 393 g/mol. The molecule has 1 aromatic heterocycles. The number of nitrogens with zero attached hydrogens (tertiary/aromatic N) is 2. The van der Waals surface area contributed by atoms with E-state index in [0.29, 0.717) is 20.8 Å². The summed E-state index contributed by atoms with van der Waals surface area (Å²) >= 11 is 13.2. The Hall–Kier alpha value is -2.02. The Balaban J connectivity index is 1.57. The van der Waals surface area contributed by atoms with Gasteiger partial charge in [-0.2, -0.15) is 0 Å². The molecule has 1 heterocycles. The van der Waals surface area contributed by atoms with Crippen molar-refractivity contribution in [1.82, 2.24) is 15.5 Å². The lowest BCUT2D eigenvalue weighted by Gasteiger charge is -2.13. The second-order valence-electron chi connectivity index (χ2n) is 5.49. The van der Waals surface area contributed by atoms with Gasteiger partial charge in [-0.05, 0) is 30.7 Å². The lowest BCUT2D eigenvalue weighted by Crippen LogP contribution is -2.28. The summed E-state index contributed by atoms with van der Waals surface area (Å²) < 4.78 is 5.56. The number of carbonyl (C=O) groups excluding carboxylic acids is 1. The maximum absolute atomic E-state index is 12.1. The zero-order chi connectivity index (χ0) is 18.5. The van der Waals surface area contributed by atoms with Gasteiger partial charge in [0.05, 0.1) is 22.4 Å². The highest BCUT2D eigenvalue weighted by molar-refractivity contribution is 7.99. The predicted molar refractivity (Wildman–Crippen MR) is 103 cm³/mol. The number of halogens is 2. The number of hydrogen-bond donors (Lipinski definition) is 1. The Labute approximate surface area is 165 Å². The van der Waals surface area contributed by atoms with E-state index < -0.39 is 0 Å². The number of thioether (sulfide) groups is 1. The molecule has 0 aliphatic carbocycles. The van der Waals surface area contributed by atoms with Crippen molar-refractivity contribution in [3.05, 3.63) is 64.1 Å². The van der Waals surface area contributed by atoms with Gasteiger partial charge >= 0.3 is 0 Å². The van der Waals surface area contributed by atoms with Crippen LogP contribution in [0.4, 0.5) is 0 Å². The van der Waals surface area contributed by atoms with Crippen LogP contribution >= 0.6 is 35.0 Å². The molecule has 134 valence electrons. The van der Waals surface area contributed by atoms with E-state index in [9.17, 15) is 4.79 Å². The molecule has 0 aliphatic heterocycles. The number of aromatic nitrogens is 2. The highest BCUT2D eigenvalue weighted by atomic mass is 35.5. The maximum Gasteiger partial charge on any atom is 0.277 e. The van der Waals surface area contributed by atoms with Crippen LogP contribution in [-0.2, 0) is 4.79 Å². The Morgan fingerprint density at radius 3 is 2.69 bits per heavy atom. The first kappa shape index (κ1) is 18.8. The topological polar surface area (TPSA) is 68.0 Å². The zero-order valence-electron chi connectivity index (χ0n) is 13.8. The maximum atomic E-state index is 12.1. The first-order chi connectivity index (χ1) is 12.5. The second-order valence-corrected chi connectivity index (χ2v) is 7.26. The van der Waals surface area contributed by atoms with E-state index in [1.165, 1.54) is 11.8 Å². The van der Waals surface area contributed by atoms with Gasteiger partial charge in [0, 0.05) is 5.02 Å². The summed E-state index contributed by atoms with van der Waals surface area (Å²) in [6.07, 6.45) is 0. The van der Waals surface area contributed by atoms with Crippen molar-refractivity contribution >= 4 is 40.9 Å². The van der Waals surface area contributed by atoms with E-state index in [2.05, 4.69) is 15.5 Å². The fourth-order valence-electron chi connectivity index (χ4n) is 2.28. The van der Waals surface area contributed by atoms with Crippen molar-refractivity contribution in [2.24, 2.45) is 0 Å². The molecule has 2 aromatic carbocycles. The molecule has 0 unspecified atom stereocenters. The molecule has 0 aliphatic rings. The molecule has 1 amide bonds. The Bertz CT molecular complexity index is 902. The summed E-state index contributed by atoms with van der Waals surface area (Å²) in [7, 11) is 0. The molecule has 1 atom stereocenters. The first-order valence-corrected chi connectivity index (χ1v) is 9.53. The summed E-state index contributed by atoms with van der Waals surface area (Å²) in [6.45, 7) is 1.94. The molecule has 26 heavy (non-hydrogen) atoms. The van der Waals surface area contributed by atoms with Crippen molar-refractivity contribution in [3.8, 4) is 11.5 Å². The van der Waals surface area contributed by atoms with Gasteiger partial charge in [-0.3, -0.25) is 4.79 Å². The quantitative estimate of drug-likeness (QED) is 0.581. The molecule has 5 nitrogen and oxygen atoms in total. The number of carbonyl (C=O) groups is 1. The van der Waals surface area contributed by atoms with E-state index >= 15 is 0 Å². The highest BCUT2D eigenvalue weighted by Crippen LogP contribution is 2.31. The molecule has 0 saturated heterocycles. The normalized spacial score (nSPS) is 12.0. The fraction of sp³-hybridized carbons (Fsp3) is 0.167. The lowest BCUT2D eigenvalue weighted by atomic mass is 10.1. The third-order valence-corrected chi connectivity index (χ3v) is 4.94. The number of nitrogens with one attached hydrogen (secondary N) is 1. The molecule has 8 heteroatoms. The predicted octanol–water partition coefficient (Wildman–Crippen LogP) is 5.01. The molecular formula is C18H15Cl2N3O2S. The van der Waals surface area contributed by atoms with Gasteiger partial charge < -0.3 is 9.73 Å².